The third-order valence-corrected chi connectivity index (χ3v) is 4.10. The SMILES string of the molecule is CC(Cl)C(=O)OC(C)(CC(=O)OC1CCCCO1)c1ccccc1. The van der Waals surface area contributed by atoms with E-state index in [1.165, 1.54) is 6.92 Å². The van der Waals surface area contributed by atoms with Crippen LogP contribution in [0.4, 0.5) is 0 Å². The van der Waals surface area contributed by atoms with Crippen molar-refractivity contribution in [3.8, 4) is 0 Å². The first-order valence-electron chi connectivity index (χ1n) is 8.14. The van der Waals surface area contributed by atoms with Crippen LogP contribution in [0.1, 0.15) is 45.1 Å². The molecule has 0 saturated carbocycles. The minimum Gasteiger partial charge on any atom is -0.453 e. The summed E-state index contributed by atoms with van der Waals surface area (Å²) in [5, 5.41) is -0.800. The molecule has 1 saturated heterocycles. The van der Waals surface area contributed by atoms with Crippen LogP contribution in [0.25, 0.3) is 0 Å². The molecule has 0 radical (unpaired) electrons. The summed E-state index contributed by atoms with van der Waals surface area (Å²) in [6.07, 6.45) is 2.00. The van der Waals surface area contributed by atoms with E-state index in [0.29, 0.717) is 18.6 Å². The Balaban J connectivity index is 2.10. The minimum absolute atomic E-state index is 0.105. The van der Waals surface area contributed by atoms with Crippen LogP contribution in [0, 0.1) is 0 Å². The van der Waals surface area contributed by atoms with E-state index in [1.54, 1.807) is 19.1 Å². The predicted octanol–water partition coefficient (Wildman–Crippen LogP) is 3.53. The number of rotatable bonds is 6. The molecular weight excluding hydrogens is 332 g/mol. The molecule has 1 heterocycles. The van der Waals surface area contributed by atoms with Crippen molar-refractivity contribution in [1.29, 1.82) is 0 Å². The van der Waals surface area contributed by atoms with Crippen LogP contribution in [0.15, 0.2) is 30.3 Å². The lowest BCUT2D eigenvalue weighted by Crippen LogP contribution is -2.36. The Labute approximate surface area is 147 Å². The summed E-state index contributed by atoms with van der Waals surface area (Å²) >= 11 is 5.80. The first kappa shape index (κ1) is 18.7. The molecule has 0 aromatic heterocycles. The van der Waals surface area contributed by atoms with Crippen molar-refractivity contribution in [1.82, 2.24) is 0 Å². The highest BCUT2D eigenvalue weighted by Gasteiger charge is 2.36. The van der Waals surface area contributed by atoms with Crippen LogP contribution in [-0.2, 0) is 29.4 Å². The summed E-state index contributed by atoms with van der Waals surface area (Å²) < 4.78 is 16.3. The van der Waals surface area contributed by atoms with Crippen molar-refractivity contribution < 1.29 is 23.8 Å². The van der Waals surface area contributed by atoms with Gasteiger partial charge in [-0.15, -0.1) is 11.6 Å². The van der Waals surface area contributed by atoms with Crippen molar-refractivity contribution in [2.24, 2.45) is 0 Å². The Morgan fingerprint density at radius 1 is 1.33 bits per heavy atom. The summed E-state index contributed by atoms with van der Waals surface area (Å²) in [4.78, 5) is 24.3. The van der Waals surface area contributed by atoms with E-state index in [0.717, 1.165) is 12.8 Å². The molecule has 1 aromatic carbocycles. The molecular formula is C18H23ClO5. The van der Waals surface area contributed by atoms with Gasteiger partial charge in [0.1, 0.15) is 11.0 Å². The molecule has 0 spiro atoms. The van der Waals surface area contributed by atoms with Crippen LogP contribution in [0.5, 0.6) is 0 Å². The number of hydrogen-bond donors (Lipinski definition) is 0. The highest BCUT2D eigenvalue weighted by Crippen LogP contribution is 2.31. The van der Waals surface area contributed by atoms with Crippen LogP contribution < -0.4 is 0 Å². The fourth-order valence-corrected chi connectivity index (χ4v) is 2.60. The lowest BCUT2D eigenvalue weighted by atomic mass is 9.92. The smallest absolute Gasteiger partial charge is 0.324 e. The number of esters is 2. The average molecular weight is 355 g/mol. The Bertz CT molecular complexity index is 554. The molecule has 5 nitrogen and oxygen atoms in total. The van der Waals surface area contributed by atoms with E-state index in [9.17, 15) is 9.59 Å². The van der Waals surface area contributed by atoms with E-state index in [1.807, 2.05) is 18.2 Å². The predicted molar refractivity (Wildman–Crippen MR) is 89.5 cm³/mol. The highest BCUT2D eigenvalue weighted by atomic mass is 35.5. The van der Waals surface area contributed by atoms with E-state index >= 15 is 0 Å². The lowest BCUT2D eigenvalue weighted by molar-refractivity contribution is -0.193. The summed E-state index contributed by atoms with van der Waals surface area (Å²) in [5.41, 5.74) is -0.440. The first-order valence-corrected chi connectivity index (χ1v) is 8.58. The quantitative estimate of drug-likeness (QED) is 0.577. The van der Waals surface area contributed by atoms with Crippen molar-refractivity contribution >= 4 is 23.5 Å². The molecule has 3 atom stereocenters. The first-order chi connectivity index (χ1) is 11.4. The van der Waals surface area contributed by atoms with Gasteiger partial charge in [-0.3, -0.25) is 9.59 Å². The summed E-state index contributed by atoms with van der Waals surface area (Å²) in [5.74, 6) is -1.05. The van der Waals surface area contributed by atoms with Crippen LogP contribution in [-0.4, -0.2) is 30.2 Å². The van der Waals surface area contributed by atoms with E-state index in [-0.39, 0.29) is 6.42 Å². The average Bonchev–Trinajstić information content (AvgIpc) is 2.56. The van der Waals surface area contributed by atoms with Crippen molar-refractivity contribution in [2.75, 3.05) is 6.61 Å². The maximum absolute atomic E-state index is 12.3. The van der Waals surface area contributed by atoms with Crippen LogP contribution >= 0.6 is 11.6 Å². The van der Waals surface area contributed by atoms with E-state index < -0.39 is 29.2 Å². The molecule has 1 aromatic rings. The van der Waals surface area contributed by atoms with Gasteiger partial charge in [0.15, 0.2) is 0 Å². The second-order valence-electron chi connectivity index (χ2n) is 6.10. The maximum Gasteiger partial charge on any atom is 0.324 e. The fraction of sp³-hybridized carbons (Fsp3) is 0.556. The number of carbonyl (C=O) groups excluding carboxylic acids is 2. The second kappa shape index (κ2) is 8.49. The monoisotopic (exact) mass is 354 g/mol. The number of benzene rings is 1. The zero-order valence-corrected chi connectivity index (χ0v) is 14.8. The van der Waals surface area contributed by atoms with Gasteiger partial charge >= 0.3 is 11.9 Å². The van der Waals surface area contributed by atoms with Gasteiger partial charge in [-0.25, -0.2) is 0 Å². The normalized spacial score (nSPS) is 21.4. The van der Waals surface area contributed by atoms with Gasteiger partial charge in [-0.1, -0.05) is 30.3 Å². The largest absolute Gasteiger partial charge is 0.453 e. The molecule has 0 amide bonds. The van der Waals surface area contributed by atoms with Gasteiger partial charge in [0.2, 0.25) is 6.29 Å². The molecule has 0 N–H and O–H groups in total. The van der Waals surface area contributed by atoms with Crippen LogP contribution in [0.2, 0.25) is 0 Å². The van der Waals surface area contributed by atoms with Gasteiger partial charge in [-0.2, -0.15) is 0 Å². The van der Waals surface area contributed by atoms with Gasteiger partial charge in [-0.05, 0) is 32.3 Å². The fourth-order valence-electron chi connectivity index (χ4n) is 2.56. The Kier molecular flexibility index (Phi) is 6.63. The zero-order chi connectivity index (χ0) is 17.6. The van der Waals surface area contributed by atoms with E-state index in [4.69, 9.17) is 25.8 Å². The number of alkyl halides is 1. The summed E-state index contributed by atoms with van der Waals surface area (Å²) in [6, 6.07) is 9.10. The molecule has 24 heavy (non-hydrogen) atoms. The maximum atomic E-state index is 12.3. The molecule has 0 aliphatic carbocycles. The number of ether oxygens (including phenoxy) is 3. The van der Waals surface area contributed by atoms with E-state index in [2.05, 4.69) is 0 Å². The molecule has 1 aliphatic rings. The lowest BCUT2D eigenvalue weighted by Gasteiger charge is -2.31. The number of hydrogen-bond acceptors (Lipinski definition) is 5. The molecule has 2 rings (SSSR count). The summed E-state index contributed by atoms with van der Waals surface area (Å²) in [6.45, 7) is 3.80. The van der Waals surface area contributed by atoms with Gasteiger partial charge < -0.3 is 14.2 Å². The summed E-state index contributed by atoms with van der Waals surface area (Å²) in [7, 11) is 0. The molecule has 1 fully saturated rings. The topological polar surface area (TPSA) is 61.8 Å². The van der Waals surface area contributed by atoms with Crippen molar-refractivity contribution in [2.45, 2.75) is 56.8 Å². The Hall–Kier alpha value is -1.59. The highest BCUT2D eigenvalue weighted by molar-refractivity contribution is 6.29. The van der Waals surface area contributed by atoms with Crippen LogP contribution in [0.3, 0.4) is 0 Å². The Morgan fingerprint density at radius 3 is 2.62 bits per heavy atom. The molecule has 6 heteroatoms. The van der Waals surface area contributed by atoms with Crippen molar-refractivity contribution in [3.05, 3.63) is 35.9 Å². The molecule has 0 bridgehead atoms. The molecule has 132 valence electrons. The second-order valence-corrected chi connectivity index (χ2v) is 6.75. The number of halogens is 1. The minimum atomic E-state index is -1.15. The zero-order valence-electron chi connectivity index (χ0n) is 14.0. The van der Waals surface area contributed by atoms with Gasteiger partial charge in [0.05, 0.1) is 13.0 Å². The molecule has 3 unspecified atom stereocenters. The van der Waals surface area contributed by atoms with Crippen molar-refractivity contribution in [3.63, 3.8) is 0 Å². The Morgan fingerprint density at radius 2 is 2.04 bits per heavy atom. The van der Waals surface area contributed by atoms with Gasteiger partial charge in [0.25, 0.3) is 0 Å². The molecule has 1 aliphatic heterocycles. The third-order valence-electron chi connectivity index (χ3n) is 3.92. The number of carbonyl (C=O) groups is 2. The third kappa shape index (κ3) is 5.21. The standard InChI is InChI=1S/C18H23ClO5/c1-13(19)17(21)24-18(2,14-8-4-3-5-9-14)12-15(20)23-16-10-6-7-11-22-16/h3-5,8-9,13,16H,6-7,10-12H2,1-2H3. The van der Waals surface area contributed by atoms with Gasteiger partial charge in [0, 0.05) is 6.42 Å².